The summed E-state index contributed by atoms with van der Waals surface area (Å²) in [6.45, 7) is 3.14. The van der Waals surface area contributed by atoms with Gasteiger partial charge in [0.05, 0.1) is 11.9 Å². The molecule has 7 nitrogen and oxygen atoms in total. The Kier molecular flexibility index (Phi) is 10.5. The van der Waals surface area contributed by atoms with E-state index in [9.17, 15) is 22.4 Å². The fourth-order valence-corrected chi connectivity index (χ4v) is 5.09. The van der Waals surface area contributed by atoms with Gasteiger partial charge in [0.1, 0.15) is 18.4 Å². The van der Waals surface area contributed by atoms with Crippen LogP contribution in [0.25, 0.3) is 0 Å². The van der Waals surface area contributed by atoms with Crippen LogP contribution < -0.4 is 9.62 Å². The monoisotopic (exact) mass is 573 g/mol. The molecule has 39 heavy (non-hydrogen) atoms. The molecule has 0 bridgehead atoms. The summed E-state index contributed by atoms with van der Waals surface area (Å²) in [5.41, 5.74) is 1.43. The topological polar surface area (TPSA) is 86.8 Å². The summed E-state index contributed by atoms with van der Waals surface area (Å²) in [6, 6.07) is 20.1. The zero-order chi connectivity index (χ0) is 28.6. The average molecular weight is 574 g/mol. The van der Waals surface area contributed by atoms with E-state index in [1.807, 2.05) is 44.2 Å². The summed E-state index contributed by atoms with van der Waals surface area (Å²) >= 11 is 6.43. The lowest BCUT2D eigenvalue weighted by Gasteiger charge is -2.34. The predicted octanol–water partition coefficient (Wildman–Crippen LogP) is 4.80. The molecule has 0 aliphatic heterocycles. The molecule has 2 amide bonds. The normalized spacial score (nSPS) is 12.8. The van der Waals surface area contributed by atoms with Crippen LogP contribution in [0.4, 0.5) is 10.1 Å². The lowest BCUT2D eigenvalue weighted by atomic mass is 10.0. The van der Waals surface area contributed by atoms with E-state index in [1.165, 1.54) is 23.1 Å². The van der Waals surface area contributed by atoms with Crippen molar-refractivity contribution in [1.29, 1.82) is 0 Å². The van der Waals surface area contributed by atoms with Crippen molar-refractivity contribution in [2.24, 2.45) is 0 Å². The lowest BCUT2D eigenvalue weighted by molar-refractivity contribution is -0.140. The van der Waals surface area contributed by atoms with E-state index in [4.69, 9.17) is 11.6 Å². The molecule has 3 aromatic rings. The highest BCUT2D eigenvalue weighted by atomic mass is 35.5. The Labute approximate surface area is 234 Å². The highest BCUT2D eigenvalue weighted by Gasteiger charge is 2.33. The molecule has 0 radical (unpaired) electrons. The first-order valence-corrected chi connectivity index (χ1v) is 14.8. The maximum absolute atomic E-state index is 14.0. The number of anilines is 1. The SMILES string of the molecule is CC[C@H](C)NC(=O)[C@@H](Cc1ccccc1)N(Cc1ccccc1Cl)C(=O)CN(c1cccc(F)c1)S(C)(=O)=O. The Morgan fingerprint density at radius 1 is 1.00 bits per heavy atom. The number of halogens is 2. The van der Waals surface area contributed by atoms with E-state index in [2.05, 4.69) is 5.32 Å². The van der Waals surface area contributed by atoms with E-state index in [-0.39, 0.29) is 30.6 Å². The van der Waals surface area contributed by atoms with E-state index in [0.717, 1.165) is 22.2 Å². The third-order valence-corrected chi connectivity index (χ3v) is 7.86. The largest absolute Gasteiger partial charge is 0.352 e. The number of carbonyl (C=O) groups excluding carboxylic acids is 2. The number of hydrogen-bond acceptors (Lipinski definition) is 4. The summed E-state index contributed by atoms with van der Waals surface area (Å²) in [6.07, 6.45) is 1.82. The van der Waals surface area contributed by atoms with Gasteiger partial charge in [-0.25, -0.2) is 12.8 Å². The Balaban J connectivity index is 2.07. The van der Waals surface area contributed by atoms with Crippen LogP contribution in [0, 0.1) is 5.82 Å². The molecule has 3 rings (SSSR count). The van der Waals surface area contributed by atoms with Crippen molar-refractivity contribution in [2.45, 2.75) is 45.3 Å². The van der Waals surface area contributed by atoms with Crippen molar-refractivity contribution in [3.8, 4) is 0 Å². The maximum atomic E-state index is 14.0. The first kappa shape index (κ1) is 30.1. The average Bonchev–Trinajstić information content (AvgIpc) is 2.89. The van der Waals surface area contributed by atoms with Crippen LogP contribution in [0.2, 0.25) is 5.02 Å². The molecule has 2 atom stereocenters. The summed E-state index contributed by atoms with van der Waals surface area (Å²) in [7, 11) is -3.98. The number of hydrogen-bond donors (Lipinski definition) is 1. The molecular weight excluding hydrogens is 541 g/mol. The van der Waals surface area contributed by atoms with Crippen molar-refractivity contribution in [2.75, 3.05) is 17.1 Å². The van der Waals surface area contributed by atoms with Gasteiger partial charge in [-0.15, -0.1) is 0 Å². The molecule has 0 saturated carbocycles. The van der Waals surface area contributed by atoms with E-state index in [0.29, 0.717) is 17.0 Å². The Morgan fingerprint density at radius 2 is 1.67 bits per heavy atom. The van der Waals surface area contributed by atoms with Crippen molar-refractivity contribution in [3.05, 3.63) is 101 Å². The minimum Gasteiger partial charge on any atom is -0.352 e. The minimum absolute atomic E-state index is 0.00668. The highest BCUT2D eigenvalue weighted by molar-refractivity contribution is 7.92. The van der Waals surface area contributed by atoms with Gasteiger partial charge < -0.3 is 10.2 Å². The maximum Gasteiger partial charge on any atom is 0.244 e. The van der Waals surface area contributed by atoms with Crippen LogP contribution in [-0.4, -0.2) is 50.0 Å². The second-order valence-electron chi connectivity index (χ2n) is 9.39. The van der Waals surface area contributed by atoms with Gasteiger partial charge in [0.15, 0.2) is 0 Å². The second kappa shape index (κ2) is 13.6. The number of carbonyl (C=O) groups is 2. The van der Waals surface area contributed by atoms with Crippen molar-refractivity contribution >= 4 is 39.1 Å². The van der Waals surface area contributed by atoms with Crippen LogP contribution in [0.3, 0.4) is 0 Å². The van der Waals surface area contributed by atoms with Gasteiger partial charge in [-0.05, 0) is 48.7 Å². The molecule has 3 aromatic carbocycles. The minimum atomic E-state index is -3.98. The van der Waals surface area contributed by atoms with Crippen LogP contribution in [-0.2, 0) is 32.6 Å². The van der Waals surface area contributed by atoms with Crippen molar-refractivity contribution in [3.63, 3.8) is 0 Å². The van der Waals surface area contributed by atoms with Gasteiger partial charge in [-0.1, -0.05) is 73.1 Å². The van der Waals surface area contributed by atoms with E-state index in [1.54, 1.807) is 24.3 Å². The van der Waals surface area contributed by atoms with Crippen molar-refractivity contribution < 1.29 is 22.4 Å². The zero-order valence-electron chi connectivity index (χ0n) is 22.2. The van der Waals surface area contributed by atoms with E-state index >= 15 is 0 Å². The Hall–Kier alpha value is -3.43. The molecule has 0 aromatic heterocycles. The third-order valence-electron chi connectivity index (χ3n) is 6.35. The number of nitrogens with one attached hydrogen (secondary N) is 1. The molecule has 0 fully saturated rings. The highest BCUT2D eigenvalue weighted by Crippen LogP contribution is 2.23. The first-order chi connectivity index (χ1) is 18.5. The fourth-order valence-electron chi connectivity index (χ4n) is 4.05. The quantitative estimate of drug-likeness (QED) is 0.337. The third kappa shape index (κ3) is 8.53. The summed E-state index contributed by atoms with van der Waals surface area (Å²) in [4.78, 5) is 28.9. The molecule has 0 aliphatic carbocycles. The molecule has 10 heteroatoms. The first-order valence-electron chi connectivity index (χ1n) is 12.6. The van der Waals surface area contributed by atoms with Gasteiger partial charge in [0.2, 0.25) is 21.8 Å². The molecule has 0 heterocycles. The lowest BCUT2D eigenvalue weighted by Crippen LogP contribution is -2.54. The van der Waals surface area contributed by atoms with Gasteiger partial charge in [-0.2, -0.15) is 0 Å². The molecular formula is C29H33ClFN3O4S. The molecule has 0 spiro atoms. The van der Waals surface area contributed by atoms with Crippen LogP contribution in [0.1, 0.15) is 31.4 Å². The number of sulfonamides is 1. The van der Waals surface area contributed by atoms with Gasteiger partial charge in [0.25, 0.3) is 0 Å². The summed E-state index contributed by atoms with van der Waals surface area (Å²) in [5.74, 6) is -1.65. The number of benzene rings is 3. The van der Waals surface area contributed by atoms with Gasteiger partial charge in [-0.3, -0.25) is 13.9 Å². The van der Waals surface area contributed by atoms with Gasteiger partial charge >= 0.3 is 0 Å². The number of nitrogens with zero attached hydrogens (tertiary/aromatic N) is 2. The summed E-state index contributed by atoms with van der Waals surface area (Å²) < 4.78 is 40.3. The Morgan fingerprint density at radius 3 is 2.28 bits per heavy atom. The smallest absolute Gasteiger partial charge is 0.244 e. The predicted molar refractivity (Wildman–Crippen MR) is 152 cm³/mol. The number of amides is 2. The molecule has 0 saturated heterocycles. The van der Waals surface area contributed by atoms with Crippen molar-refractivity contribution in [1.82, 2.24) is 10.2 Å². The summed E-state index contributed by atoms with van der Waals surface area (Å²) in [5, 5.41) is 3.36. The molecule has 0 unspecified atom stereocenters. The molecule has 1 N–H and O–H groups in total. The second-order valence-corrected chi connectivity index (χ2v) is 11.7. The fraction of sp³-hybridized carbons (Fsp3) is 0.310. The molecule has 208 valence electrons. The van der Waals surface area contributed by atoms with Crippen LogP contribution >= 0.6 is 11.6 Å². The van der Waals surface area contributed by atoms with E-state index < -0.39 is 34.3 Å². The van der Waals surface area contributed by atoms with Crippen LogP contribution in [0.15, 0.2) is 78.9 Å². The Bertz CT molecular complexity index is 1390. The molecule has 0 aliphatic rings. The number of rotatable bonds is 12. The standard InChI is InChI=1S/C29H33ClFN3O4S/c1-4-21(2)32-29(36)27(17-22-11-6-5-7-12-22)33(19-23-13-8-9-16-26(23)30)28(35)20-34(39(3,37)38)25-15-10-14-24(31)18-25/h5-16,18,21,27H,4,17,19-20H2,1-3H3,(H,32,36)/t21-,27+/m0/s1. The van der Waals surface area contributed by atoms with Crippen LogP contribution in [0.5, 0.6) is 0 Å². The van der Waals surface area contributed by atoms with Gasteiger partial charge in [0, 0.05) is 24.0 Å². The zero-order valence-corrected chi connectivity index (χ0v) is 23.8.